The molecule has 0 fully saturated rings. The Bertz CT molecular complexity index is 1010. The third-order valence-electron chi connectivity index (χ3n) is 4.35. The number of rotatable bonds is 7. The molecule has 2 heterocycles. The molecule has 2 aromatic carbocycles. The Morgan fingerprint density at radius 1 is 1.10 bits per heavy atom. The minimum absolute atomic E-state index is 0.227. The molecule has 1 aliphatic rings. The Morgan fingerprint density at radius 3 is 2.79 bits per heavy atom. The lowest BCUT2D eigenvalue weighted by Crippen LogP contribution is -2.23. The first-order valence-corrected chi connectivity index (χ1v) is 9.34. The van der Waals surface area contributed by atoms with Crippen LogP contribution in [-0.4, -0.2) is 24.3 Å². The first-order chi connectivity index (χ1) is 14.2. The van der Waals surface area contributed by atoms with E-state index in [2.05, 4.69) is 15.6 Å². The molecule has 0 saturated carbocycles. The lowest BCUT2D eigenvalue weighted by molar-refractivity contribution is 0.0946. The molecular weight excluding hydrogens is 370 g/mol. The molecule has 3 aromatic rings. The summed E-state index contributed by atoms with van der Waals surface area (Å²) in [7, 11) is 0. The molecule has 7 heteroatoms. The number of amides is 1. The van der Waals surface area contributed by atoms with E-state index in [1.165, 1.54) is 0 Å². The van der Waals surface area contributed by atoms with Crippen LogP contribution >= 0.6 is 0 Å². The van der Waals surface area contributed by atoms with Crippen LogP contribution in [0.15, 0.2) is 60.8 Å². The van der Waals surface area contributed by atoms with Crippen molar-refractivity contribution in [1.29, 1.82) is 0 Å². The number of benzene rings is 2. The molecular formula is C22H21N3O4. The molecule has 1 aromatic heterocycles. The maximum atomic E-state index is 12.4. The molecule has 1 aliphatic heterocycles. The summed E-state index contributed by atoms with van der Waals surface area (Å²) in [5, 5.41) is 6.12. The van der Waals surface area contributed by atoms with Crippen molar-refractivity contribution in [2.75, 3.05) is 18.7 Å². The van der Waals surface area contributed by atoms with Crippen LogP contribution in [0, 0.1) is 0 Å². The van der Waals surface area contributed by atoms with E-state index in [1.54, 1.807) is 12.3 Å². The van der Waals surface area contributed by atoms with Gasteiger partial charge >= 0.3 is 0 Å². The number of hydrogen-bond donors (Lipinski definition) is 2. The van der Waals surface area contributed by atoms with Gasteiger partial charge in [-0.25, -0.2) is 4.98 Å². The summed E-state index contributed by atoms with van der Waals surface area (Å²) in [6.07, 6.45) is 1.62. The van der Waals surface area contributed by atoms with Crippen molar-refractivity contribution in [2.45, 2.75) is 13.5 Å². The summed E-state index contributed by atoms with van der Waals surface area (Å²) < 4.78 is 16.3. The van der Waals surface area contributed by atoms with Crippen LogP contribution in [-0.2, 0) is 6.54 Å². The quantitative estimate of drug-likeness (QED) is 0.636. The maximum absolute atomic E-state index is 12.4. The van der Waals surface area contributed by atoms with Gasteiger partial charge in [0.05, 0.1) is 24.2 Å². The number of carbonyl (C=O) groups is 1. The first-order valence-electron chi connectivity index (χ1n) is 9.34. The second-order valence-electron chi connectivity index (χ2n) is 6.36. The van der Waals surface area contributed by atoms with Crippen molar-refractivity contribution in [3.63, 3.8) is 0 Å². The number of nitrogens with one attached hydrogen (secondary N) is 2. The van der Waals surface area contributed by atoms with E-state index in [-0.39, 0.29) is 12.7 Å². The van der Waals surface area contributed by atoms with Gasteiger partial charge < -0.3 is 24.8 Å². The van der Waals surface area contributed by atoms with E-state index in [9.17, 15) is 4.79 Å². The van der Waals surface area contributed by atoms with Crippen LogP contribution in [0.1, 0.15) is 23.0 Å². The van der Waals surface area contributed by atoms with Gasteiger partial charge in [-0.1, -0.05) is 18.2 Å². The largest absolute Gasteiger partial charge is 0.492 e. The van der Waals surface area contributed by atoms with Gasteiger partial charge in [0.15, 0.2) is 11.5 Å². The molecule has 0 spiro atoms. The average molecular weight is 391 g/mol. The molecule has 0 radical (unpaired) electrons. The van der Waals surface area contributed by atoms with E-state index in [0.717, 1.165) is 28.4 Å². The summed E-state index contributed by atoms with van der Waals surface area (Å²) in [6, 6.07) is 16.8. The number of ether oxygens (including phenoxy) is 3. The van der Waals surface area contributed by atoms with E-state index in [0.29, 0.717) is 24.6 Å². The minimum Gasteiger partial charge on any atom is -0.492 e. The van der Waals surface area contributed by atoms with Gasteiger partial charge in [-0.05, 0) is 48.9 Å². The van der Waals surface area contributed by atoms with Crippen LogP contribution in [0.2, 0.25) is 0 Å². The second-order valence-corrected chi connectivity index (χ2v) is 6.36. The lowest BCUT2D eigenvalue weighted by atomic mass is 10.2. The Hall–Kier alpha value is -3.74. The number of aromatic nitrogens is 1. The molecule has 7 nitrogen and oxygen atoms in total. The third kappa shape index (κ3) is 4.40. The summed E-state index contributed by atoms with van der Waals surface area (Å²) in [5.74, 6) is 1.93. The molecule has 29 heavy (non-hydrogen) atoms. The molecule has 4 rings (SSSR count). The predicted octanol–water partition coefficient (Wildman–Crippen LogP) is 3.88. The highest BCUT2D eigenvalue weighted by Crippen LogP contribution is 2.32. The van der Waals surface area contributed by atoms with E-state index < -0.39 is 0 Å². The molecule has 1 amide bonds. The van der Waals surface area contributed by atoms with Crippen LogP contribution in [0.5, 0.6) is 17.2 Å². The Labute approximate surface area is 168 Å². The zero-order valence-corrected chi connectivity index (χ0v) is 16.0. The standard InChI is InChI=1S/C22H21N3O4/c1-2-27-19-6-4-3-5-17(19)25-16-8-9-18(23-13-16)22(26)24-12-15-7-10-20-21(11-15)29-14-28-20/h3-11,13,25H,2,12,14H2,1H3,(H,24,26). The van der Waals surface area contributed by atoms with Gasteiger partial charge in [0.1, 0.15) is 11.4 Å². The number of anilines is 2. The van der Waals surface area contributed by atoms with Gasteiger partial charge in [0.2, 0.25) is 6.79 Å². The molecule has 0 unspecified atom stereocenters. The fourth-order valence-electron chi connectivity index (χ4n) is 2.93. The van der Waals surface area contributed by atoms with E-state index in [1.807, 2.05) is 55.5 Å². The Morgan fingerprint density at radius 2 is 1.97 bits per heavy atom. The van der Waals surface area contributed by atoms with Gasteiger partial charge in [-0.15, -0.1) is 0 Å². The summed E-state index contributed by atoms with van der Waals surface area (Å²) >= 11 is 0. The van der Waals surface area contributed by atoms with Gasteiger partial charge in [-0.2, -0.15) is 0 Å². The zero-order valence-electron chi connectivity index (χ0n) is 16.0. The van der Waals surface area contributed by atoms with Gasteiger partial charge in [0.25, 0.3) is 5.91 Å². The monoisotopic (exact) mass is 391 g/mol. The SMILES string of the molecule is CCOc1ccccc1Nc1ccc(C(=O)NCc2ccc3c(c2)OCO3)nc1. The van der Waals surface area contributed by atoms with Crippen LogP contribution in [0.25, 0.3) is 0 Å². The maximum Gasteiger partial charge on any atom is 0.270 e. The van der Waals surface area contributed by atoms with Gasteiger partial charge in [-0.3, -0.25) is 4.79 Å². The molecule has 0 aliphatic carbocycles. The number of para-hydroxylation sites is 2. The molecule has 0 atom stereocenters. The topological polar surface area (TPSA) is 81.7 Å². The van der Waals surface area contributed by atoms with Crippen molar-refractivity contribution in [3.8, 4) is 17.2 Å². The minimum atomic E-state index is -0.246. The highest BCUT2D eigenvalue weighted by Gasteiger charge is 2.14. The molecule has 2 N–H and O–H groups in total. The Balaban J connectivity index is 1.37. The van der Waals surface area contributed by atoms with E-state index in [4.69, 9.17) is 14.2 Å². The van der Waals surface area contributed by atoms with Crippen molar-refractivity contribution < 1.29 is 19.0 Å². The van der Waals surface area contributed by atoms with Crippen molar-refractivity contribution >= 4 is 17.3 Å². The highest BCUT2D eigenvalue weighted by atomic mass is 16.7. The van der Waals surface area contributed by atoms with E-state index >= 15 is 0 Å². The lowest BCUT2D eigenvalue weighted by Gasteiger charge is -2.12. The van der Waals surface area contributed by atoms with Gasteiger partial charge in [0, 0.05) is 6.54 Å². The molecule has 148 valence electrons. The van der Waals surface area contributed by atoms with Crippen molar-refractivity contribution in [2.24, 2.45) is 0 Å². The smallest absolute Gasteiger partial charge is 0.270 e. The number of hydrogen-bond acceptors (Lipinski definition) is 6. The highest BCUT2D eigenvalue weighted by molar-refractivity contribution is 5.92. The number of carbonyl (C=O) groups excluding carboxylic acids is 1. The first kappa shape index (κ1) is 18.6. The zero-order chi connectivity index (χ0) is 20.1. The van der Waals surface area contributed by atoms with Crippen LogP contribution < -0.4 is 24.8 Å². The summed E-state index contributed by atoms with van der Waals surface area (Å²) in [4.78, 5) is 16.7. The average Bonchev–Trinajstić information content (AvgIpc) is 3.22. The number of fused-ring (bicyclic) bond motifs is 1. The second kappa shape index (κ2) is 8.52. The molecule has 0 bridgehead atoms. The predicted molar refractivity (Wildman–Crippen MR) is 109 cm³/mol. The van der Waals surface area contributed by atoms with Crippen LogP contribution in [0.3, 0.4) is 0 Å². The molecule has 0 saturated heterocycles. The van der Waals surface area contributed by atoms with Crippen molar-refractivity contribution in [3.05, 3.63) is 72.1 Å². The Kier molecular flexibility index (Phi) is 5.47. The number of nitrogens with zero attached hydrogens (tertiary/aromatic N) is 1. The fourth-order valence-corrected chi connectivity index (χ4v) is 2.93. The van der Waals surface area contributed by atoms with Crippen molar-refractivity contribution in [1.82, 2.24) is 10.3 Å². The third-order valence-corrected chi connectivity index (χ3v) is 4.35. The van der Waals surface area contributed by atoms with Crippen LogP contribution in [0.4, 0.5) is 11.4 Å². The fraction of sp³-hybridized carbons (Fsp3) is 0.182. The normalized spacial score (nSPS) is 11.8. The number of pyridine rings is 1. The summed E-state index contributed by atoms with van der Waals surface area (Å²) in [6.45, 7) is 3.12. The summed E-state index contributed by atoms with van der Waals surface area (Å²) in [5.41, 5.74) is 2.88.